The summed E-state index contributed by atoms with van der Waals surface area (Å²) in [4.78, 5) is 0. The molecular weight excluding hydrogens is 315 g/mol. The minimum Gasteiger partial charge on any atom is -0.496 e. The van der Waals surface area contributed by atoms with Crippen LogP contribution in [0.2, 0.25) is 0 Å². The summed E-state index contributed by atoms with van der Waals surface area (Å²) in [5.41, 5.74) is 0.825. The highest BCUT2D eigenvalue weighted by Gasteiger charge is 2.52. The zero-order valence-electron chi connectivity index (χ0n) is 15.5. The van der Waals surface area contributed by atoms with Crippen molar-refractivity contribution in [2.45, 2.75) is 38.9 Å². The van der Waals surface area contributed by atoms with Gasteiger partial charge in [-0.15, -0.1) is 0 Å². The molecule has 132 valence electrons. The molecule has 0 saturated carbocycles. The Bertz CT molecular complexity index is 794. The first kappa shape index (κ1) is 18.0. The van der Waals surface area contributed by atoms with Crippen molar-refractivity contribution in [1.29, 1.82) is 0 Å². The van der Waals surface area contributed by atoms with Gasteiger partial charge in [-0.25, -0.2) is 0 Å². The Morgan fingerprint density at radius 1 is 1.04 bits per heavy atom. The predicted molar refractivity (Wildman–Crippen MR) is 102 cm³/mol. The second-order valence-corrected chi connectivity index (χ2v) is 7.37. The Labute approximate surface area is 149 Å². The summed E-state index contributed by atoms with van der Waals surface area (Å²) in [6.45, 7) is 7.89. The first-order chi connectivity index (χ1) is 11.8. The number of rotatable bonds is 4. The van der Waals surface area contributed by atoms with E-state index in [-0.39, 0.29) is 6.61 Å². The van der Waals surface area contributed by atoms with Gasteiger partial charge in [-0.1, -0.05) is 36.4 Å². The number of methoxy groups -OCH3 is 1. The van der Waals surface area contributed by atoms with Gasteiger partial charge in [0.15, 0.2) is 0 Å². The van der Waals surface area contributed by atoms with E-state index in [9.17, 15) is 5.11 Å². The lowest BCUT2D eigenvalue weighted by Crippen LogP contribution is -2.41. The summed E-state index contributed by atoms with van der Waals surface area (Å²) in [5, 5.41) is 12.0. The second-order valence-electron chi connectivity index (χ2n) is 7.37. The molecule has 0 aromatic heterocycles. The van der Waals surface area contributed by atoms with Gasteiger partial charge in [-0.3, -0.25) is 0 Å². The van der Waals surface area contributed by atoms with Crippen molar-refractivity contribution >= 4 is 24.0 Å². The monoisotopic (exact) mass is 340 g/mol. The van der Waals surface area contributed by atoms with Crippen molar-refractivity contribution in [3.05, 3.63) is 47.4 Å². The highest BCUT2D eigenvalue weighted by molar-refractivity contribution is 6.55. The van der Waals surface area contributed by atoms with Crippen molar-refractivity contribution in [3.63, 3.8) is 0 Å². The molecule has 3 rings (SSSR count). The van der Waals surface area contributed by atoms with Crippen molar-refractivity contribution in [2.75, 3.05) is 13.7 Å². The molecule has 1 saturated heterocycles. The van der Waals surface area contributed by atoms with Crippen LogP contribution in [0, 0.1) is 0 Å². The van der Waals surface area contributed by atoms with E-state index < -0.39 is 18.3 Å². The van der Waals surface area contributed by atoms with E-state index >= 15 is 0 Å². The molecule has 0 bridgehead atoms. The third-order valence-electron chi connectivity index (χ3n) is 5.22. The van der Waals surface area contributed by atoms with Crippen LogP contribution in [0.5, 0.6) is 5.75 Å². The van der Waals surface area contributed by atoms with Gasteiger partial charge in [0.2, 0.25) is 0 Å². The fourth-order valence-electron chi connectivity index (χ4n) is 2.98. The summed E-state index contributed by atoms with van der Waals surface area (Å²) in [6, 6.07) is 12.0. The van der Waals surface area contributed by atoms with Crippen molar-refractivity contribution in [1.82, 2.24) is 0 Å². The van der Waals surface area contributed by atoms with Crippen LogP contribution in [-0.4, -0.2) is 37.1 Å². The summed E-state index contributed by atoms with van der Waals surface area (Å²) in [7, 11) is 1.11. The van der Waals surface area contributed by atoms with Crippen LogP contribution in [0.4, 0.5) is 0 Å². The van der Waals surface area contributed by atoms with Gasteiger partial charge in [0.25, 0.3) is 0 Å². The van der Waals surface area contributed by atoms with Gasteiger partial charge in [-0.2, -0.15) is 0 Å². The zero-order valence-corrected chi connectivity index (χ0v) is 15.5. The minimum absolute atomic E-state index is 0.128. The van der Waals surface area contributed by atoms with Crippen LogP contribution in [0.1, 0.15) is 33.3 Å². The van der Waals surface area contributed by atoms with E-state index in [1.54, 1.807) is 7.11 Å². The van der Waals surface area contributed by atoms with Gasteiger partial charge in [0.05, 0.1) is 24.9 Å². The van der Waals surface area contributed by atoms with Crippen LogP contribution in [0.3, 0.4) is 0 Å². The second kappa shape index (κ2) is 6.48. The van der Waals surface area contributed by atoms with E-state index in [1.807, 2.05) is 70.2 Å². The van der Waals surface area contributed by atoms with Gasteiger partial charge in [0, 0.05) is 5.39 Å². The largest absolute Gasteiger partial charge is 0.496 e. The quantitative estimate of drug-likeness (QED) is 0.859. The third-order valence-corrected chi connectivity index (χ3v) is 5.22. The summed E-state index contributed by atoms with van der Waals surface area (Å²) in [6.07, 6.45) is 1.95. The first-order valence-corrected chi connectivity index (χ1v) is 8.52. The SMILES string of the molecule is COc1ccc(C=C(CO)B2OC(C)(C)C(C)(C)O2)c2ccccc12. The molecule has 1 aliphatic rings. The number of fused-ring (bicyclic) bond motifs is 1. The zero-order chi connectivity index (χ0) is 18.2. The van der Waals surface area contributed by atoms with Crippen molar-refractivity contribution in [2.24, 2.45) is 0 Å². The Balaban J connectivity index is 2.03. The Kier molecular flexibility index (Phi) is 4.67. The fraction of sp³-hybridized carbons (Fsp3) is 0.400. The average Bonchev–Trinajstić information content (AvgIpc) is 2.80. The van der Waals surface area contributed by atoms with E-state index in [1.165, 1.54) is 0 Å². The number of ether oxygens (including phenoxy) is 1. The number of aliphatic hydroxyl groups is 1. The molecule has 1 N–H and O–H groups in total. The van der Waals surface area contributed by atoms with Gasteiger partial charge < -0.3 is 19.2 Å². The fourth-order valence-corrected chi connectivity index (χ4v) is 2.98. The predicted octanol–water partition coefficient (Wildman–Crippen LogP) is 3.86. The maximum atomic E-state index is 9.91. The van der Waals surface area contributed by atoms with Gasteiger partial charge in [-0.05, 0) is 50.2 Å². The molecule has 0 spiro atoms. The van der Waals surface area contributed by atoms with Crippen LogP contribution in [-0.2, 0) is 9.31 Å². The van der Waals surface area contributed by atoms with Crippen LogP contribution in [0.25, 0.3) is 16.8 Å². The Hall–Kier alpha value is -1.82. The summed E-state index contributed by atoms with van der Waals surface area (Å²) >= 11 is 0. The number of hydrogen-bond acceptors (Lipinski definition) is 4. The molecular formula is C20H25BO4. The molecule has 0 aliphatic carbocycles. The smallest absolute Gasteiger partial charge is 0.492 e. The van der Waals surface area contributed by atoms with Crippen molar-refractivity contribution in [3.8, 4) is 5.75 Å². The normalized spacial score (nSPS) is 19.4. The molecule has 5 heteroatoms. The molecule has 25 heavy (non-hydrogen) atoms. The maximum Gasteiger partial charge on any atom is 0.492 e. The maximum absolute atomic E-state index is 9.91. The lowest BCUT2D eigenvalue weighted by molar-refractivity contribution is 0.00578. The number of hydrogen-bond donors (Lipinski definition) is 1. The van der Waals surface area contributed by atoms with E-state index in [4.69, 9.17) is 14.0 Å². The lowest BCUT2D eigenvalue weighted by Gasteiger charge is -2.32. The number of benzene rings is 2. The lowest BCUT2D eigenvalue weighted by atomic mass is 9.77. The number of aliphatic hydroxyl groups excluding tert-OH is 1. The van der Waals surface area contributed by atoms with E-state index in [0.717, 1.165) is 22.1 Å². The molecule has 1 aliphatic heterocycles. The summed E-state index contributed by atoms with van der Waals surface area (Å²) < 4.78 is 17.6. The van der Waals surface area contributed by atoms with Crippen LogP contribution in [0.15, 0.2) is 41.9 Å². The van der Waals surface area contributed by atoms with Crippen LogP contribution >= 0.6 is 0 Å². The van der Waals surface area contributed by atoms with Crippen molar-refractivity contribution < 1.29 is 19.2 Å². The average molecular weight is 340 g/mol. The standard InChI is InChI=1S/C20H25BO4/c1-19(2)20(3,4)25-21(24-19)15(13-22)12-14-10-11-18(23-5)17-9-7-6-8-16(14)17/h6-12,22H,13H2,1-5H3. The first-order valence-electron chi connectivity index (χ1n) is 8.52. The molecule has 2 aromatic rings. The molecule has 1 heterocycles. The van der Waals surface area contributed by atoms with Gasteiger partial charge >= 0.3 is 7.12 Å². The van der Waals surface area contributed by atoms with E-state index in [0.29, 0.717) is 5.47 Å². The highest BCUT2D eigenvalue weighted by Crippen LogP contribution is 2.39. The molecule has 2 aromatic carbocycles. The molecule has 0 amide bonds. The molecule has 4 nitrogen and oxygen atoms in total. The van der Waals surface area contributed by atoms with E-state index in [2.05, 4.69) is 0 Å². The highest BCUT2D eigenvalue weighted by atomic mass is 16.7. The topological polar surface area (TPSA) is 47.9 Å². The Morgan fingerprint density at radius 2 is 1.64 bits per heavy atom. The Morgan fingerprint density at radius 3 is 2.20 bits per heavy atom. The minimum atomic E-state index is -0.559. The molecule has 0 atom stereocenters. The third kappa shape index (κ3) is 3.20. The van der Waals surface area contributed by atoms with Crippen LogP contribution < -0.4 is 4.74 Å². The summed E-state index contributed by atoms with van der Waals surface area (Å²) in [5.74, 6) is 0.828. The molecule has 0 radical (unpaired) electrons. The molecule has 1 fully saturated rings. The van der Waals surface area contributed by atoms with Gasteiger partial charge in [0.1, 0.15) is 5.75 Å². The molecule has 0 unspecified atom stereocenters.